The van der Waals surface area contributed by atoms with Gasteiger partial charge in [0.25, 0.3) is 5.91 Å². The molecule has 2 rings (SSSR count). The second-order valence-corrected chi connectivity index (χ2v) is 5.48. The fraction of sp³-hybridized carbons (Fsp3) is 0.154. The minimum atomic E-state index is -0.481. The highest BCUT2D eigenvalue weighted by atomic mass is 79.9. The number of hydrogen-bond donors (Lipinski definition) is 2. The molecule has 0 radical (unpaired) electrons. The zero-order valence-electron chi connectivity index (χ0n) is 11.7. The molecule has 7 nitrogen and oxygen atoms in total. The molecule has 1 aromatic carbocycles. The third-order valence-electron chi connectivity index (χ3n) is 2.76. The monoisotopic (exact) mass is 386 g/mol. The number of rotatable bonds is 4. The Morgan fingerprint density at radius 1 is 1.59 bits per heavy atom. The van der Waals surface area contributed by atoms with E-state index in [-0.39, 0.29) is 22.2 Å². The van der Waals surface area contributed by atoms with Crippen LogP contribution >= 0.6 is 27.5 Å². The number of aryl methyl sites for hydroxylation is 1. The Labute approximate surface area is 139 Å². The lowest BCUT2D eigenvalue weighted by atomic mass is 10.2. The maximum atomic E-state index is 11.9. The van der Waals surface area contributed by atoms with E-state index in [0.717, 1.165) is 0 Å². The van der Waals surface area contributed by atoms with E-state index in [1.807, 2.05) is 0 Å². The largest absolute Gasteiger partial charge is 0.503 e. The Balaban J connectivity index is 2.13. The third kappa shape index (κ3) is 3.40. The normalized spacial score (nSPS) is 10.9. The number of halogens is 2. The van der Waals surface area contributed by atoms with Gasteiger partial charge in [0.05, 0.1) is 29.0 Å². The molecule has 1 heterocycles. The molecule has 0 saturated carbocycles. The molecule has 0 fully saturated rings. The summed E-state index contributed by atoms with van der Waals surface area (Å²) in [5, 5.41) is 17.7. The van der Waals surface area contributed by atoms with Crippen molar-refractivity contribution in [1.29, 1.82) is 0 Å². The van der Waals surface area contributed by atoms with Crippen LogP contribution in [0.5, 0.6) is 11.5 Å². The van der Waals surface area contributed by atoms with Crippen molar-refractivity contribution in [3.05, 3.63) is 39.1 Å². The molecule has 22 heavy (non-hydrogen) atoms. The zero-order valence-corrected chi connectivity index (χ0v) is 14.0. The first-order valence-corrected chi connectivity index (χ1v) is 7.18. The number of methoxy groups -OCH3 is 1. The number of amides is 1. The van der Waals surface area contributed by atoms with E-state index in [1.165, 1.54) is 24.2 Å². The minimum Gasteiger partial charge on any atom is -0.503 e. The summed E-state index contributed by atoms with van der Waals surface area (Å²) in [6.07, 6.45) is 2.79. The number of phenols is 1. The molecule has 9 heteroatoms. The molecule has 1 aromatic heterocycles. The van der Waals surface area contributed by atoms with Crippen LogP contribution < -0.4 is 10.2 Å². The maximum absolute atomic E-state index is 11.9. The molecule has 0 aliphatic rings. The van der Waals surface area contributed by atoms with Crippen LogP contribution in [0.4, 0.5) is 0 Å². The first-order valence-electron chi connectivity index (χ1n) is 6.01. The lowest BCUT2D eigenvalue weighted by Gasteiger charge is -2.06. The van der Waals surface area contributed by atoms with Gasteiger partial charge in [-0.15, -0.1) is 0 Å². The van der Waals surface area contributed by atoms with Gasteiger partial charge in [-0.2, -0.15) is 10.2 Å². The average molecular weight is 388 g/mol. The van der Waals surface area contributed by atoms with Crippen molar-refractivity contribution in [2.75, 3.05) is 7.11 Å². The molecule has 0 aliphatic carbocycles. The number of aromatic hydroxyl groups is 1. The van der Waals surface area contributed by atoms with E-state index in [9.17, 15) is 9.90 Å². The zero-order chi connectivity index (χ0) is 16.3. The predicted octanol–water partition coefficient (Wildman–Crippen LogP) is 2.31. The van der Waals surface area contributed by atoms with E-state index in [2.05, 4.69) is 31.6 Å². The molecule has 0 bridgehead atoms. The average Bonchev–Trinajstić information content (AvgIpc) is 2.81. The van der Waals surface area contributed by atoms with Crippen molar-refractivity contribution >= 4 is 39.7 Å². The van der Waals surface area contributed by atoms with Crippen molar-refractivity contribution in [1.82, 2.24) is 15.2 Å². The van der Waals surface area contributed by atoms with Gasteiger partial charge < -0.3 is 9.84 Å². The Morgan fingerprint density at radius 3 is 2.91 bits per heavy atom. The van der Waals surface area contributed by atoms with Crippen LogP contribution in [0.25, 0.3) is 0 Å². The molecule has 0 atom stereocenters. The Hall–Kier alpha value is -2.06. The molecular weight excluding hydrogens is 376 g/mol. The molecule has 2 N–H and O–H groups in total. The second-order valence-electron chi connectivity index (χ2n) is 4.22. The van der Waals surface area contributed by atoms with Crippen LogP contribution in [0.3, 0.4) is 0 Å². The number of phenolic OH excluding ortho intramolecular Hbond substituents is 1. The number of nitrogens with zero attached hydrogens (tertiary/aromatic N) is 3. The summed E-state index contributed by atoms with van der Waals surface area (Å²) >= 11 is 9.07. The summed E-state index contributed by atoms with van der Waals surface area (Å²) in [5.41, 5.74) is 3.19. The summed E-state index contributed by atoms with van der Waals surface area (Å²) in [7, 11) is 3.04. The number of nitrogens with one attached hydrogen (secondary N) is 1. The number of ether oxygens (including phenoxy) is 1. The Morgan fingerprint density at radius 2 is 2.32 bits per heavy atom. The fourth-order valence-electron chi connectivity index (χ4n) is 1.71. The second kappa shape index (κ2) is 6.80. The van der Waals surface area contributed by atoms with Crippen LogP contribution in [0.1, 0.15) is 16.1 Å². The van der Waals surface area contributed by atoms with E-state index >= 15 is 0 Å². The first kappa shape index (κ1) is 16.3. The van der Waals surface area contributed by atoms with E-state index < -0.39 is 5.91 Å². The van der Waals surface area contributed by atoms with Gasteiger partial charge in [-0.1, -0.05) is 11.6 Å². The SMILES string of the molecule is COc1cc(/C=N/NC(=O)c2c(Cl)cnn2C)cc(Br)c1O. The third-order valence-corrected chi connectivity index (χ3v) is 3.64. The Bertz CT molecular complexity index is 726. The quantitative estimate of drug-likeness (QED) is 0.622. The lowest BCUT2D eigenvalue weighted by Crippen LogP contribution is -2.21. The van der Waals surface area contributed by atoms with Gasteiger partial charge in [0, 0.05) is 7.05 Å². The molecule has 0 unspecified atom stereocenters. The number of hydrogen-bond acceptors (Lipinski definition) is 5. The van der Waals surface area contributed by atoms with Gasteiger partial charge in [-0.05, 0) is 33.6 Å². The van der Waals surface area contributed by atoms with Gasteiger partial charge in [0.2, 0.25) is 0 Å². The molecule has 0 saturated heterocycles. The van der Waals surface area contributed by atoms with Crippen LogP contribution in [0.2, 0.25) is 5.02 Å². The molecule has 0 spiro atoms. The topological polar surface area (TPSA) is 88.7 Å². The van der Waals surface area contributed by atoms with Gasteiger partial charge >= 0.3 is 0 Å². The number of benzene rings is 1. The van der Waals surface area contributed by atoms with Gasteiger partial charge in [0.15, 0.2) is 11.5 Å². The summed E-state index contributed by atoms with van der Waals surface area (Å²) in [6.45, 7) is 0. The van der Waals surface area contributed by atoms with Crippen molar-refractivity contribution in [3.8, 4) is 11.5 Å². The molecule has 0 aliphatic heterocycles. The molecule has 2 aromatic rings. The number of hydrazone groups is 1. The van der Waals surface area contributed by atoms with Crippen molar-refractivity contribution in [2.24, 2.45) is 12.1 Å². The number of carbonyl (C=O) groups is 1. The number of aromatic nitrogens is 2. The molecule has 116 valence electrons. The minimum absolute atomic E-state index is 0.00893. The summed E-state index contributed by atoms with van der Waals surface area (Å²) in [6, 6.07) is 3.21. The van der Waals surface area contributed by atoms with Gasteiger partial charge in [-0.25, -0.2) is 5.43 Å². The van der Waals surface area contributed by atoms with E-state index in [4.69, 9.17) is 16.3 Å². The van der Waals surface area contributed by atoms with Gasteiger partial charge in [-0.3, -0.25) is 9.48 Å². The highest BCUT2D eigenvalue weighted by Gasteiger charge is 2.14. The highest BCUT2D eigenvalue weighted by molar-refractivity contribution is 9.10. The standard InChI is InChI=1S/C13H12BrClN4O3/c1-19-11(9(15)6-17-19)13(21)18-16-5-7-3-8(14)12(20)10(4-7)22-2/h3-6,20H,1-2H3,(H,18,21)/b16-5+. The summed E-state index contributed by atoms with van der Waals surface area (Å²) < 4.78 is 6.83. The first-order chi connectivity index (χ1) is 10.4. The van der Waals surface area contributed by atoms with Crippen molar-refractivity contribution < 1.29 is 14.6 Å². The van der Waals surface area contributed by atoms with E-state index in [0.29, 0.717) is 10.0 Å². The van der Waals surface area contributed by atoms with Gasteiger partial charge in [0.1, 0.15) is 5.69 Å². The van der Waals surface area contributed by atoms with E-state index in [1.54, 1.807) is 19.2 Å². The highest BCUT2D eigenvalue weighted by Crippen LogP contribution is 2.34. The lowest BCUT2D eigenvalue weighted by molar-refractivity contribution is 0.0946. The summed E-state index contributed by atoms with van der Waals surface area (Å²) in [5.74, 6) is -0.201. The fourth-order valence-corrected chi connectivity index (χ4v) is 2.42. The smallest absolute Gasteiger partial charge is 0.291 e. The van der Waals surface area contributed by atoms with Crippen LogP contribution in [-0.2, 0) is 7.05 Å². The summed E-state index contributed by atoms with van der Waals surface area (Å²) in [4.78, 5) is 11.9. The van der Waals surface area contributed by atoms with Crippen LogP contribution in [0.15, 0.2) is 27.9 Å². The van der Waals surface area contributed by atoms with Crippen LogP contribution in [-0.4, -0.2) is 34.1 Å². The van der Waals surface area contributed by atoms with Crippen molar-refractivity contribution in [3.63, 3.8) is 0 Å². The van der Waals surface area contributed by atoms with Crippen molar-refractivity contribution in [2.45, 2.75) is 0 Å². The molecular formula is C13H12BrClN4O3. The molecule has 1 amide bonds. The maximum Gasteiger partial charge on any atom is 0.291 e. The Kier molecular flexibility index (Phi) is 5.04. The van der Waals surface area contributed by atoms with Crippen LogP contribution in [0, 0.1) is 0 Å². The predicted molar refractivity (Wildman–Crippen MR) is 85.6 cm³/mol. The number of carbonyl (C=O) groups excluding carboxylic acids is 1.